The second kappa shape index (κ2) is 4.58. The number of amides is 1. The standard InChI is InChI=1S/C15H23N3O2/c1-10(19)8-15-5-4-6-18(15)14(20)13-7-12(16-3)9-17(13)11(15)2/h12-13,16H,2,4-9H2,1,3H3. The summed E-state index contributed by atoms with van der Waals surface area (Å²) in [5.41, 5.74) is 0.537. The maximum Gasteiger partial charge on any atom is 0.246 e. The van der Waals surface area contributed by atoms with Crippen molar-refractivity contribution in [1.82, 2.24) is 15.1 Å². The van der Waals surface area contributed by atoms with Gasteiger partial charge < -0.3 is 15.1 Å². The Morgan fingerprint density at radius 2 is 2.30 bits per heavy atom. The molecule has 3 rings (SSSR count). The second-order valence-electron chi connectivity index (χ2n) is 6.34. The van der Waals surface area contributed by atoms with Gasteiger partial charge in [-0.15, -0.1) is 0 Å². The van der Waals surface area contributed by atoms with Crippen LogP contribution in [0.5, 0.6) is 0 Å². The van der Waals surface area contributed by atoms with E-state index in [4.69, 9.17) is 0 Å². The molecule has 3 aliphatic heterocycles. The monoisotopic (exact) mass is 277 g/mol. The van der Waals surface area contributed by atoms with E-state index in [2.05, 4.69) is 16.8 Å². The van der Waals surface area contributed by atoms with Gasteiger partial charge in [0.05, 0.1) is 5.54 Å². The van der Waals surface area contributed by atoms with Crippen molar-refractivity contribution in [3.05, 3.63) is 12.3 Å². The van der Waals surface area contributed by atoms with Gasteiger partial charge in [0.25, 0.3) is 0 Å². The van der Waals surface area contributed by atoms with Gasteiger partial charge in [-0.1, -0.05) is 6.58 Å². The molecule has 110 valence electrons. The van der Waals surface area contributed by atoms with E-state index in [-0.39, 0.29) is 17.7 Å². The van der Waals surface area contributed by atoms with Crippen molar-refractivity contribution in [2.75, 3.05) is 20.1 Å². The van der Waals surface area contributed by atoms with Crippen molar-refractivity contribution in [2.24, 2.45) is 0 Å². The number of hydrogen-bond donors (Lipinski definition) is 1. The Bertz CT molecular complexity index is 476. The van der Waals surface area contributed by atoms with Crippen LogP contribution in [0.4, 0.5) is 0 Å². The van der Waals surface area contributed by atoms with E-state index in [1.807, 2.05) is 11.9 Å². The predicted octanol–water partition coefficient (Wildman–Crippen LogP) is 0.516. The molecule has 0 spiro atoms. The van der Waals surface area contributed by atoms with Gasteiger partial charge in [-0.2, -0.15) is 0 Å². The number of nitrogens with zero attached hydrogens (tertiary/aromatic N) is 2. The van der Waals surface area contributed by atoms with Crippen LogP contribution in [0, 0.1) is 0 Å². The summed E-state index contributed by atoms with van der Waals surface area (Å²) in [4.78, 5) is 28.6. The maximum absolute atomic E-state index is 12.8. The van der Waals surface area contributed by atoms with Crippen LogP contribution in [0.1, 0.15) is 32.6 Å². The summed E-state index contributed by atoms with van der Waals surface area (Å²) >= 11 is 0. The first-order valence-electron chi connectivity index (χ1n) is 7.44. The molecule has 3 aliphatic rings. The fourth-order valence-corrected chi connectivity index (χ4v) is 4.22. The van der Waals surface area contributed by atoms with E-state index < -0.39 is 5.54 Å². The van der Waals surface area contributed by atoms with E-state index in [0.717, 1.165) is 38.0 Å². The van der Waals surface area contributed by atoms with Crippen LogP contribution in [-0.2, 0) is 9.59 Å². The van der Waals surface area contributed by atoms with Crippen molar-refractivity contribution in [2.45, 2.75) is 50.2 Å². The normalized spacial score (nSPS) is 36.3. The lowest BCUT2D eigenvalue weighted by atomic mass is 9.83. The molecule has 0 saturated carbocycles. The van der Waals surface area contributed by atoms with Crippen molar-refractivity contribution in [1.29, 1.82) is 0 Å². The molecular weight excluding hydrogens is 254 g/mol. The highest BCUT2D eigenvalue weighted by Crippen LogP contribution is 2.46. The third kappa shape index (κ3) is 1.72. The summed E-state index contributed by atoms with van der Waals surface area (Å²) in [7, 11) is 1.93. The Morgan fingerprint density at radius 3 is 2.95 bits per heavy atom. The topological polar surface area (TPSA) is 52.7 Å². The van der Waals surface area contributed by atoms with Crippen LogP contribution >= 0.6 is 0 Å². The number of fused-ring (bicyclic) bond motifs is 2. The van der Waals surface area contributed by atoms with Crippen molar-refractivity contribution < 1.29 is 9.59 Å². The van der Waals surface area contributed by atoms with Crippen LogP contribution in [-0.4, -0.2) is 59.3 Å². The number of nitrogens with one attached hydrogen (secondary N) is 1. The van der Waals surface area contributed by atoms with Crippen LogP contribution in [0.3, 0.4) is 0 Å². The van der Waals surface area contributed by atoms with E-state index in [0.29, 0.717) is 12.5 Å². The summed E-state index contributed by atoms with van der Waals surface area (Å²) in [6.07, 6.45) is 3.07. The average Bonchev–Trinajstić information content (AvgIpc) is 3.00. The van der Waals surface area contributed by atoms with E-state index in [9.17, 15) is 9.59 Å². The number of hydrogen-bond acceptors (Lipinski definition) is 4. The molecule has 0 bridgehead atoms. The van der Waals surface area contributed by atoms with Gasteiger partial charge >= 0.3 is 0 Å². The summed E-state index contributed by atoms with van der Waals surface area (Å²) < 4.78 is 0. The summed E-state index contributed by atoms with van der Waals surface area (Å²) in [6.45, 7) is 7.47. The third-order valence-corrected chi connectivity index (χ3v) is 5.17. The fourth-order valence-electron chi connectivity index (χ4n) is 4.22. The molecule has 3 fully saturated rings. The molecule has 1 amide bonds. The van der Waals surface area contributed by atoms with Crippen molar-refractivity contribution >= 4 is 11.7 Å². The fraction of sp³-hybridized carbons (Fsp3) is 0.733. The second-order valence-corrected chi connectivity index (χ2v) is 6.34. The number of ketones is 1. The highest BCUT2D eigenvalue weighted by molar-refractivity contribution is 5.88. The van der Waals surface area contributed by atoms with Crippen LogP contribution in [0.2, 0.25) is 0 Å². The Hall–Kier alpha value is -1.36. The first kappa shape index (κ1) is 13.6. The minimum absolute atomic E-state index is 0.0851. The number of carbonyl (C=O) groups excluding carboxylic acids is 2. The Morgan fingerprint density at radius 1 is 1.55 bits per heavy atom. The lowest BCUT2D eigenvalue weighted by Crippen LogP contribution is -2.63. The molecule has 0 aromatic heterocycles. The molecule has 3 heterocycles. The number of carbonyl (C=O) groups is 2. The Kier molecular flexibility index (Phi) is 3.12. The molecule has 1 N–H and O–H groups in total. The van der Waals surface area contributed by atoms with Crippen LogP contribution < -0.4 is 5.32 Å². The molecule has 20 heavy (non-hydrogen) atoms. The summed E-state index contributed by atoms with van der Waals surface area (Å²) in [5.74, 6) is 0.322. The van der Waals surface area contributed by atoms with Gasteiger partial charge in [-0.25, -0.2) is 0 Å². The largest absolute Gasteiger partial charge is 0.360 e. The van der Waals surface area contributed by atoms with Crippen LogP contribution in [0.15, 0.2) is 12.3 Å². The lowest BCUT2D eigenvalue weighted by Gasteiger charge is -2.50. The van der Waals surface area contributed by atoms with Gasteiger partial charge in [0, 0.05) is 31.2 Å². The van der Waals surface area contributed by atoms with Gasteiger partial charge in [0.15, 0.2) is 0 Å². The smallest absolute Gasteiger partial charge is 0.246 e. The molecule has 3 atom stereocenters. The molecular formula is C15H23N3O2. The Balaban J connectivity index is 1.97. The lowest BCUT2D eigenvalue weighted by molar-refractivity contribution is -0.145. The first-order valence-corrected chi connectivity index (χ1v) is 7.44. The first-order chi connectivity index (χ1) is 9.49. The average molecular weight is 277 g/mol. The number of Topliss-reactive ketones (excluding diaryl/α,β-unsaturated/α-hetero) is 1. The molecule has 0 aromatic carbocycles. The maximum atomic E-state index is 12.8. The van der Waals surface area contributed by atoms with Gasteiger partial charge in [-0.3, -0.25) is 9.59 Å². The minimum Gasteiger partial charge on any atom is -0.360 e. The molecule has 0 aromatic rings. The van der Waals surface area contributed by atoms with E-state index in [1.165, 1.54) is 0 Å². The van der Waals surface area contributed by atoms with Crippen molar-refractivity contribution in [3.63, 3.8) is 0 Å². The molecule has 3 unspecified atom stereocenters. The molecule has 5 nitrogen and oxygen atoms in total. The zero-order valence-electron chi connectivity index (χ0n) is 12.3. The molecule has 3 saturated heterocycles. The highest BCUT2D eigenvalue weighted by atomic mass is 16.2. The van der Waals surface area contributed by atoms with Gasteiger partial charge in [0.2, 0.25) is 5.91 Å². The molecule has 5 heteroatoms. The van der Waals surface area contributed by atoms with Crippen molar-refractivity contribution in [3.8, 4) is 0 Å². The number of rotatable bonds is 3. The molecule has 0 aliphatic carbocycles. The van der Waals surface area contributed by atoms with E-state index >= 15 is 0 Å². The predicted molar refractivity (Wildman–Crippen MR) is 76.1 cm³/mol. The summed E-state index contributed by atoms with van der Waals surface area (Å²) in [5, 5.41) is 3.26. The third-order valence-electron chi connectivity index (χ3n) is 5.17. The number of likely N-dealkylation sites (N-methyl/N-ethyl adjacent to an activating group) is 1. The zero-order valence-corrected chi connectivity index (χ0v) is 12.3. The molecule has 0 radical (unpaired) electrons. The quantitative estimate of drug-likeness (QED) is 0.817. The van der Waals surface area contributed by atoms with Crippen LogP contribution in [0.25, 0.3) is 0 Å². The summed E-state index contributed by atoms with van der Waals surface area (Å²) in [6, 6.07) is 0.244. The zero-order chi connectivity index (χ0) is 14.5. The van der Waals surface area contributed by atoms with E-state index in [1.54, 1.807) is 6.92 Å². The van der Waals surface area contributed by atoms with Gasteiger partial charge in [0.1, 0.15) is 11.8 Å². The number of piperazine rings is 1. The minimum atomic E-state index is -0.442. The highest BCUT2D eigenvalue weighted by Gasteiger charge is 2.56. The van der Waals surface area contributed by atoms with Gasteiger partial charge in [-0.05, 0) is 33.2 Å². The Labute approximate surface area is 120 Å². The SMILES string of the molecule is C=C1N2CC(NC)CC2C(=O)N2CCCC12CC(C)=O.